The number of hydrogen-bond donors (Lipinski definition) is 0. The minimum absolute atomic E-state index is 0.990. The number of hydrogen-bond acceptors (Lipinski definition) is 2. The van der Waals surface area contributed by atoms with Crippen LogP contribution in [0.15, 0.2) is 67.0 Å². The highest BCUT2D eigenvalue weighted by Crippen LogP contribution is 2.32. The third kappa shape index (κ3) is 1.96. The van der Waals surface area contributed by atoms with Crippen LogP contribution in [0, 0.1) is 6.92 Å². The Morgan fingerprint density at radius 1 is 0.762 bits per heavy atom. The van der Waals surface area contributed by atoms with Crippen molar-refractivity contribution in [3.8, 4) is 11.3 Å². The summed E-state index contributed by atoms with van der Waals surface area (Å²) in [7, 11) is 0. The molecule has 0 bridgehead atoms. The average molecular weight is 270 g/mol. The summed E-state index contributed by atoms with van der Waals surface area (Å²) in [5, 5.41) is 3.55. The lowest BCUT2D eigenvalue weighted by atomic mass is 9.99. The average Bonchev–Trinajstić information content (AvgIpc) is 2.55. The van der Waals surface area contributed by atoms with Crippen LogP contribution in [-0.2, 0) is 0 Å². The van der Waals surface area contributed by atoms with Gasteiger partial charge in [-0.3, -0.25) is 9.97 Å². The molecule has 0 atom stereocenters. The van der Waals surface area contributed by atoms with Crippen molar-refractivity contribution in [1.82, 2.24) is 9.97 Å². The van der Waals surface area contributed by atoms with Crippen LogP contribution >= 0.6 is 0 Å². The van der Waals surface area contributed by atoms with Crippen LogP contribution in [0.3, 0.4) is 0 Å². The van der Waals surface area contributed by atoms with Gasteiger partial charge < -0.3 is 0 Å². The van der Waals surface area contributed by atoms with E-state index in [1.807, 2.05) is 24.5 Å². The molecule has 0 aliphatic carbocycles. The van der Waals surface area contributed by atoms with Gasteiger partial charge in [-0.25, -0.2) is 0 Å². The Morgan fingerprint density at radius 3 is 2.52 bits per heavy atom. The van der Waals surface area contributed by atoms with E-state index in [2.05, 4.69) is 59.4 Å². The number of nitrogens with zero attached hydrogens (tertiary/aromatic N) is 2. The topological polar surface area (TPSA) is 25.8 Å². The van der Waals surface area contributed by atoms with E-state index in [0.29, 0.717) is 0 Å². The normalized spacial score (nSPS) is 11.1. The monoisotopic (exact) mass is 270 g/mol. The quantitative estimate of drug-likeness (QED) is 0.466. The van der Waals surface area contributed by atoms with Crippen molar-refractivity contribution in [2.45, 2.75) is 6.92 Å². The lowest BCUT2D eigenvalue weighted by Gasteiger charge is -2.09. The Bertz CT molecular complexity index is 940. The highest BCUT2D eigenvalue weighted by Gasteiger charge is 2.09. The maximum Gasteiger partial charge on any atom is 0.0715 e. The van der Waals surface area contributed by atoms with Gasteiger partial charge in [0.05, 0.1) is 11.2 Å². The molecule has 4 aromatic rings. The first-order chi connectivity index (χ1) is 10.3. The fourth-order valence-corrected chi connectivity index (χ4v) is 2.75. The second-order valence-corrected chi connectivity index (χ2v) is 5.27. The fraction of sp³-hybridized carbons (Fsp3) is 0.0526. The number of fused-ring (bicyclic) bond motifs is 3. The smallest absolute Gasteiger partial charge is 0.0715 e. The number of pyridine rings is 2. The van der Waals surface area contributed by atoms with E-state index < -0.39 is 0 Å². The SMILES string of the molecule is Cc1ccc(-c2cccc3ncc4ccccc4c23)nc1. The van der Waals surface area contributed by atoms with Crippen molar-refractivity contribution < 1.29 is 0 Å². The molecular weight excluding hydrogens is 256 g/mol. The van der Waals surface area contributed by atoms with Crippen molar-refractivity contribution in [3.05, 3.63) is 72.6 Å². The van der Waals surface area contributed by atoms with E-state index in [0.717, 1.165) is 22.2 Å². The Balaban J connectivity index is 2.13. The summed E-state index contributed by atoms with van der Waals surface area (Å²) in [4.78, 5) is 9.16. The number of benzene rings is 2. The molecule has 2 heteroatoms. The van der Waals surface area contributed by atoms with Gasteiger partial charge in [-0.1, -0.05) is 42.5 Å². The second-order valence-electron chi connectivity index (χ2n) is 5.27. The minimum Gasteiger partial charge on any atom is -0.256 e. The van der Waals surface area contributed by atoms with Crippen LogP contribution in [-0.4, -0.2) is 9.97 Å². The maximum absolute atomic E-state index is 4.59. The Kier molecular flexibility index (Phi) is 2.68. The van der Waals surface area contributed by atoms with Crippen molar-refractivity contribution >= 4 is 21.7 Å². The predicted molar refractivity (Wildman–Crippen MR) is 87.2 cm³/mol. The van der Waals surface area contributed by atoms with Crippen LogP contribution < -0.4 is 0 Å². The summed E-state index contributed by atoms with van der Waals surface area (Å²) in [5.74, 6) is 0. The van der Waals surface area contributed by atoms with Gasteiger partial charge in [0.15, 0.2) is 0 Å². The number of aryl methyl sites for hydroxylation is 1. The molecule has 0 amide bonds. The van der Waals surface area contributed by atoms with Gasteiger partial charge in [0.2, 0.25) is 0 Å². The summed E-state index contributed by atoms with van der Waals surface area (Å²) in [6, 6.07) is 18.8. The Labute approximate surface area is 123 Å². The molecule has 0 saturated heterocycles. The zero-order valence-electron chi connectivity index (χ0n) is 11.7. The third-order valence-electron chi connectivity index (χ3n) is 3.80. The van der Waals surface area contributed by atoms with Crippen molar-refractivity contribution in [3.63, 3.8) is 0 Å². The van der Waals surface area contributed by atoms with Gasteiger partial charge in [-0.2, -0.15) is 0 Å². The van der Waals surface area contributed by atoms with Crippen LogP contribution in [0.1, 0.15) is 5.56 Å². The molecule has 0 aliphatic heterocycles. The number of aromatic nitrogens is 2. The molecule has 2 aromatic heterocycles. The maximum atomic E-state index is 4.59. The molecule has 100 valence electrons. The third-order valence-corrected chi connectivity index (χ3v) is 3.80. The zero-order valence-corrected chi connectivity index (χ0v) is 11.7. The largest absolute Gasteiger partial charge is 0.256 e. The van der Waals surface area contributed by atoms with E-state index >= 15 is 0 Å². The van der Waals surface area contributed by atoms with Crippen LogP contribution in [0.2, 0.25) is 0 Å². The van der Waals surface area contributed by atoms with Crippen LogP contribution in [0.4, 0.5) is 0 Å². The first kappa shape index (κ1) is 12.0. The van der Waals surface area contributed by atoms with Gasteiger partial charge in [0.25, 0.3) is 0 Å². The predicted octanol–water partition coefficient (Wildman–Crippen LogP) is 4.76. The highest BCUT2D eigenvalue weighted by molar-refractivity contribution is 6.12. The van der Waals surface area contributed by atoms with Crippen molar-refractivity contribution in [2.75, 3.05) is 0 Å². The van der Waals surface area contributed by atoms with Crippen LogP contribution in [0.5, 0.6) is 0 Å². The van der Waals surface area contributed by atoms with Gasteiger partial charge in [0.1, 0.15) is 0 Å². The van der Waals surface area contributed by atoms with Gasteiger partial charge >= 0.3 is 0 Å². The molecule has 0 fully saturated rings. The van der Waals surface area contributed by atoms with Gasteiger partial charge in [-0.15, -0.1) is 0 Å². The first-order valence-corrected chi connectivity index (χ1v) is 7.02. The molecule has 0 unspecified atom stereocenters. The molecule has 2 nitrogen and oxygen atoms in total. The second kappa shape index (κ2) is 4.67. The molecule has 0 N–H and O–H groups in total. The molecule has 21 heavy (non-hydrogen) atoms. The molecule has 0 saturated carbocycles. The first-order valence-electron chi connectivity index (χ1n) is 7.02. The lowest BCUT2D eigenvalue weighted by Crippen LogP contribution is -1.89. The van der Waals surface area contributed by atoms with Crippen molar-refractivity contribution in [1.29, 1.82) is 0 Å². The van der Waals surface area contributed by atoms with E-state index in [4.69, 9.17) is 0 Å². The van der Waals surface area contributed by atoms with Crippen molar-refractivity contribution in [2.24, 2.45) is 0 Å². The molecule has 0 spiro atoms. The summed E-state index contributed by atoms with van der Waals surface area (Å²) in [5.41, 5.74) is 4.30. The molecule has 0 aliphatic rings. The lowest BCUT2D eigenvalue weighted by molar-refractivity contribution is 1.27. The van der Waals surface area contributed by atoms with E-state index in [1.165, 1.54) is 16.3 Å². The van der Waals surface area contributed by atoms with E-state index in [1.54, 1.807) is 0 Å². The molecule has 0 radical (unpaired) electrons. The van der Waals surface area contributed by atoms with Gasteiger partial charge in [0, 0.05) is 28.7 Å². The number of rotatable bonds is 1. The Morgan fingerprint density at radius 2 is 1.67 bits per heavy atom. The highest BCUT2D eigenvalue weighted by atomic mass is 14.7. The van der Waals surface area contributed by atoms with Gasteiger partial charge in [-0.05, 0) is 30.0 Å². The summed E-state index contributed by atoms with van der Waals surface area (Å²) in [6.07, 6.45) is 3.84. The molecule has 4 rings (SSSR count). The molecular formula is C19H14N2. The fourth-order valence-electron chi connectivity index (χ4n) is 2.75. The summed E-state index contributed by atoms with van der Waals surface area (Å²) < 4.78 is 0. The standard InChI is InChI=1S/C19H14N2/c1-13-9-10-17(20-11-13)16-7-4-8-18-19(16)15-6-3-2-5-14(15)12-21-18/h2-12H,1H3. The minimum atomic E-state index is 0.990. The van der Waals surface area contributed by atoms with E-state index in [9.17, 15) is 0 Å². The zero-order chi connectivity index (χ0) is 14.2. The molecule has 2 heterocycles. The summed E-state index contributed by atoms with van der Waals surface area (Å²) >= 11 is 0. The van der Waals surface area contributed by atoms with E-state index in [-0.39, 0.29) is 0 Å². The molecule has 2 aromatic carbocycles. The Hall–Kier alpha value is -2.74. The summed E-state index contributed by atoms with van der Waals surface area (Å²) in [6.45, 7) is 2.05. The van der Waals surface area contributed by atoms with Crippen LogP contribution in [0.25, 0.3) is 32.9 Å².